The van der Waals surface area contributed by atoms with Crippen molar-refractivity contribution < 1.29 is 14.3 Å². The molecule has 2 atom stereocenters. The van der Waals surface area contributed by atoms with Gasteiger partial charge in [-0.2, -0.15) is 0 Å². The lowest BCUT2D eigenvalue weighted by molar-refractivity contribution is -0.136. The van der Waals surface area contributed by atoms with E-state index in [0.717, 1.165) is 15.7 Å². The number of alkyl carbamates (subject to hydrolysis) is 1. The first kappa shape index (κ1) is 24.0. The SMILES string of the molecule is CC(C)(C)OC(=O)NC(C(=O)N1CC=C[C@H]1c1nc(-c2ccc(Br)cc2)c[nH]1)C(C)(C)C. The molecule has 0 fully saturated rings. The summed E-state index contributed by atoms with van der Waals surface area (Å²) in [4.78, 5) is 35.7. The average Bonchev–Trinajstić information content (AvgIpc) is 3.33. The Hall–Kier alpha value is -2.61. The first-order valence-electron chi connectivity index (χ1n) is 10.6. The van der Waals surface area contributed by atoms with E-state index in [1.807, 2.05) is 63.4 Å². The van der Waals surface area contributed by atoms with Gasteiger partial charge in [0, 0.05) is 22.8 Å². The van der Waals surface area contributed by atoms with E-state index in [1.54, 1.807) is 25.7 Å². The predicted molar refractivity (Wildman–Crippen MR) is 128 cm³/mol. The van der Waals surface area contributed by atoms with Crippen LogP contribution in [0.5, 0.6) is 0 Å². The highest BCUT2D eigenvalue weighted by Crippen LogP contribution is 2.31. The molecule has 1 aromatic heterocycles. The molecule has 1 unspecified atom stereocenters. The number of amides is 2. The van der Waals surface area contributed by atoms with E-state index >= 15 is 0 Å². The highest BCUT2D eigenvalue weighted by Gasteiger charge is 2.40. The lowest BCUT2D eigenvalue weighted by atomic mass is 9.85. The molecule has 0 spiro atoms. The second-order valence-corrected chi connectivity index (χ2v) is 10.9. The molecule has 0 saturated carbocycles. The minimum absolute atomic E-state index is 0.181. The molecule has 7 nitrogen and oxygen atoms in total. The van der Waals surface area contributed by atoms with Crippen LogP contribution in [0.2, 0.25) is 0 Å². The number of hydrogen-bond donors (Lipinski definition) is 2. The predicted octanol–water partition coefficient (Wildman–Crippen LogP) is 5.22. The molecular weight excluding hydrogens is 472 g/mol. The number of rotatable bonds is 4. The summed E-state index contributed by atoms with van der Waals surface area (Å²) in [5.41, 5.74) is 0.631. The molecule has 0 aliphatic carbocycles. The monoisotopic (exact) mass is 502 g/mol. The molecule has 2 N–H and O–H groups in total. The molecule has 1 aliphatic heterocycles. The van der Waals surface area contributed by atoms with Gasteiger partial charge in [0.25, 0.3) is 0 Å². The Balaban J connectivity index is 1.80. The van der Waals surface area contributed by atoms with Gasteiger partial charge in [0.1, 0.15) is 23.5 Å². The summed E-state index contributed by atoms with van der Waals surface area (Å²) >= 11 is 3.44. The van der Waals surface area contributed by atoms with E-state index in [-0.39, 0.29) is 11.9 Å². The Morgan fingerprint density at radius 1 is 1.19 bits per heavy atom. The Morgan fingerprint density at radius 2 is 1.84 bits per heavy atom. The highest BCUT2D eigenvalue weighted by atomic mass is 79.9. The molecule has 1 aliphatic rings. The van der Waals surface area contributed by atoms with Crippen molar-refractivity contribution in [3.8, 4) is 11.3 Å². The third-order valence-electron chi connectivity index (χ3n) is 5.03. The van der Waals surface area contributed by atoms with Crippen LogP contribution < -0.4 is 5.32 Å². The van der Waals surface area contributed by atoms with E-state index in [1.165, 1.54) is 0 Å². The summed E-state index contributed by atoms with van der Waals surface area (Å²) in [7, 11) is 0. The van der Waals surface area contributed by atoms with Crippen molar-refractivity contribution in [3.05, 3.63) is 52.9 Å². The molecule has 8 heteroatoms. The van der Waals surface area contributed by atoms with Gasteiger partial charge in [0.2, 0.25) is 5.91 Å². The summed E-state index contributed by atoms with van der Waals surface area (Å²) in [6.45, 7) is 11.6. The fraction of sp³-hybridized carbons (Fsp3) is 0.458. The van der Waals surface area contributed by atoms with Crippen molar-refractivity contribution in [3.63, 3.8) is 0 Å². The normalized spacial score (nSPS) is 17.3. The van der Waals surface area contributed by atoms with Gasteiger partial charge < -0.3 is 19.9 Å². The van der Waals surface area contributed by atoms with Crippen LogP contribution in [0.25, 0.3) is 11.3 Å². The number of aromatic nitrogens is 2. The third-order valence-corrected chi connectivity index (χ3v) is 5.56. The van der Waals surface area contributed by atoms with Crippen molar-refractivity contribution >= 4 is 27.9 Å². The van der Waals surface area contributed by atoms with Crippen molar-refractivity contribution in [2.75, 3.05) is 6.54 Å². The fourth-order valence-electron chi connectivity index (χ4n) is 3.48. The van der Waals surface area contributed by atoms with Gasteiger partial charge in [0.05, 0.1) is 5.69 Å². The lowest BCUT2D eigenvalue weighted by Gasteiger charge is -2.35. The number of imidazole rings is 1. The van der Waals surface area contributed by atoms with Crippen LogP contribution in [-0.4, -0.2) is 45.1 Å². The second kappa shape index (κ2) is 9.10. The summed E-state index contributed by atoms with van der Waals surface area (Å²) in [6, 6.07) is 6.81. The maximum atomic E-state index is 13.6. The number of nitrogens with zero attached hydrogens (tertiary/aromatic N) is 2. The zero-order valence-electron chi connectivity index (χ0n) is 19.4. The second-order valence-electron chi connectivity index (χ2n) is 9.99. The number of hydrogen-bond acceptors (Lipinski definition) is 4. The quantitative estimate of drug-likeness (QED) is 0.561. The molecule has 172 valence electrons. The Kier molecular flexibility index (Phi) is 6.83. The smallest absolute Gasteiger partial charge is 0.408 e. The van der Waals surface area contributed by atoms with Gasteiger partial charge in [-0.05, 0) is 38.3 Å². The van der Waals surface area contributed by atoms with Crippen LogP contribution in [0.3, 0.4) is 0 Å². The molecule has 1 aromatic carbocycles. The van der Waals surface area contributed by atoms with E-state index in [0.29, 0.717) is 12.4 Å². The number of nitrogens with one attached hydrogen (secondary N) is 2. The van der Waals surface area contributed by atoms with Gasteiger partial charge in [-0.25, -0.2) is 9.78 Å². The highest BCUT2D eigenvalue weighted by molar-refractivity contribution is 9.10. The fourth-order valence-corrected chi connectivity index (χ4v) is 3.75. The molecule has 0 radical (unpaired) electrons. The van der Waals surface area contributed by atoms with E-state index in [4.69, 9.17) is 9.72 Å². The number of carbonyl (C=O) groups is 2. The van der Waals surface area contributed by atoms with Crippen LogP contribution in [-0.2, 0) is 9.53 Å². The summed E-state index contributed by atoms with van der Waals surface area (Å²) in [5.74, 6) is 0.495. The van der Waals surface area contributed by atoms with Crippen LogP contribution in [0.4, 0.5) is 4.79 Å². The lowest BCUT2D eigenvalue weighted by Crippen LogP contribution is -2.55. The Morgan fingerprint density at radius 3 is 2.44 bits per heavy atom. The first-order chi connectivity index (χ1) is 14.8. The van der Waals surface area contributed by atoms with Crippen LogP contribution in [0.15, 0.2) is 47.1 Å². The van der Waals surface area contributed by atoms with Gasteiger partial charge in [0.15, 0.2) is 0 Å². The zero-order valence-corrected chi connectivity index (χ0v) is 21.0. The topological polar surface area (TPSA) is 87.3 Å². The molecular formula is C24H31BrN4O3. The maximum absolute atomic E-state index is 13.6. The van der Waals surface area contributed by atoms with Crippen molar-refractivity contribution in [1.82, 2.24) is 20.2 Å². The number of H-pyrrole nitrogens is 1. The molecule has 2 amide bonds. The van der Waals surface area contributed by atoms with Gasteiger partial charge >= 0.3 is 6.09 Å². The average molecular weight is 503 g/mol. The minimum Gasteiger partial charge on any atom is -0.444 e. The number of carbonyl (C=O) groups excluding carboxylic acids is 2. The van der Waals surface area contributed by atoms with Crippen LogP contribution in [0.1, 0.15) is 53.4 Å². The third kappa shape index (κ3) is 5.79. The van der Waals surface area contributed by atoms with E-state index < -0.39 is 23.2 Å². The van der Waals surface area contributed by atoms with Crippen molar-refractivity contribution in [1.29, 1.82) is 0 Å². The summed E-state index contributed by atoms with van der Waals surface area (Å²) in [5, 5.41) is 2.78. The molecule has 2 aromatic rings. The largest absolute Gasteiger partial charge is 0.444 e. The standard InChI is InChI=1S/C24H31BrN4O3/c1-23(2,3)19(28-22(31)32-24(4,5)6)21(30)29-13-7-8-18(29)20-26-14-17(27-20)15-9-11-16(25)12-10-15/h7-12,14,18-19H,13H2,1-6H3,(H,26,27)(H,28,31)/t18-,19?/m0/s1. The minimum atomic E-state index is -0.749. The van der Waals surface area contributed by atoms with Gasteiger partial charge in [-0.1, -0.05) is 61.0 Å². The summed E-state index contributed by atoms with van der Waals surface area (Å²) in [6.07, 6.45) is 5.13. The van der Waals surface area contributed by atoms with Crippen LogP contribution >= 0.6 is 15.9 Å². The molecule has 3 rings (SSSR count). The molecule has 0 saturated heterocycles. The summed E-state index contributed by atoms with van der Waals surface area (Å²) < 4.78 is 6.39. The van der Waals surface area contributed by atoms with Crippen LogP contribution in [0, 0.1) is 5.41 Å². The maximum Gasteiger partial charge on any atom is 0.408 e. The van der Waals surface area contributed by atoms with Crippen molar-refractivity contribution in [2.45, 2.75) is 59.2 Å². The molecule has 32 heavy (non-hydrogen) atoms. The van der Waals surface area contributed by atoms with E-state index in [2.05, 4.69) is 26.2 Å². The number of halogens is 1. The first-order valence-corrected chi connectivity index (χ1v) is 11.4. The number of aromatic amines is 1. The van der Waals surface area contributed by atoms with Gasteiger partial charge in [-0.15, -0.1) is 0 Å². The molecule has 0 bridgehead atoms. The molecule has 2 heterocycles. The Bertz CT molecular complexity index is 999. The number of ether oxygens (including phenoxy) is 1. The Labute approximate surface area is 197 Å². The zero-order chi connectivity index (χ0) is 23.7. The van der Waals surface area contributed by atoms with Gasteiger partial charge in [-0.3, -0.25) is 4.79 Å². The number of benzene rings is 1. The van der Waals surface area contributed by atoms with E-state index in [9.17, 15) is 9.59 Å². The van der Waals surface area contributed by atoms with Crippen molar-refractivity contribution in [2.24, 2.45) is 5.41 Å².